The third-order valence-electron chi connectivity index (χ3n) is 2.43. The third kappa shape index (κ3) is 3.15. The Morgan fingerprint density at radius 3 is 2.67 bits per heavy atom. The zero-order valence-electron chi connectivity index (χ0n) is 9.25. The van der Waals surface area contributed by atoms with Gasteiger partial charge in [0.1, 0.15) is 11.6 Å². The van der Waals surface area contributed by atoms with Crippen molar-refractivity contribution in [3.8, 4) is 5.75 Å². The number of halogens is 3. The molecule has 2 rings (SSSR count). The second kappa shape index (κ2) is 5.59. The molecule has 18 heavy (non-hydrogen) atoms. The van der Waals surface area contributed by atoms with Crippen molar-refractivity contribution in [1.82, 2.24) is 0 Å². The minimum Gasteiger partial charge on any atom is -0.507 e. The number of hydrogen-bond acceptors (Lipinski definition) is 2. The fourth-order valence-corrected chi connectivity index (χ4v) is 2.08. The number of hydrogen-bond donors (Lipinski definition) is 2. The molecule has 0 atom stereocenters. The first-order valence-corrected chi connectivity index (χ1v) is 6.39. The number of rotatable bonds is 3. The zero-order chi connectivity index (χ0) is 13.1. The maximum absolute atomic E-state index is 13.0. The highest BCUT2D eigenvalue weighted by molar-refractivity contribution is 9.10. The summed E-state index contributed by atoms with van der Waals surface area (Å²) in [5.41, 5.74) is 1.73. The number of anilines is 1. The Labute approximate surface area is 118 Å². The van der Waals surface area contributed by atoms with E-state index >= 15 is 0 Å². The van der Waals surface area contributed by atoms with Gasteiger partial charge >= 0.3 is 0 Å². The summed E-state index contributed by atoms with van der Waals surface area (Å²) >= 11 is 8.93. The van der Waals surface area contributed by atoms with Gasteiger partial charge < -0.3 is 10.4 Å². The van der Waals surface area contributed by atoms with E-state index in [9.17, 15) is 9.50 Å². The van der Waals surface area contributed by atoms with Gasteiger partial charge in [-0.1, -0.05) is 17.7 Å². The molecule has 94 valence electrons. The van der Waals surface area contributed by atoms with Gasteiger partial charge in [0, 0.05) is 12.2 Å². The zero-order valence-corrected chi connectivity index (χ0v) is 11.6. The van der Waals surface area contributed by atoms with Crippen molar-refractivity contribution in [2.24, 2.45) is 0 Å². The van der Waals surface area contributed by atoms with Crippen molar-refractivity contribution in [3.05, 3.63) is 57.3 Å². The molecule has 0 saturated heterocycles. The molecule has 0 aliphatic rings. The first kappa shape index (κ1) is 13.2. The molecule has 2 N–H and O–H groups in total. The van der Waals surface area contributed by atoms with E-state index in [1.54, 1.807) is 18.2 Å². The van der Waals surface area contributed by atoms with Crippen LogP contribution in [0.15, 0.2) is 40.9 Å². The van der Waals surface area contributed by atoms with Crippen LogP contribution in [-0.2, 0) is 6.54 Å². The molecule has 0 unspecified atom stereocenters. The molecule has 0 spiro atoms. The monoisotopic (exact) mass is 329 g/mol. The van der Waals surface area contributed by atoms with Gasteiger partial charge in [0.25, 0.3) is 0 Å². The Hall–Kier alpha value is -1.26. The first-order chi connectivity index (χ1) is 8.56. The number of phenolic OH excluding ortho intramolecular Hbond substituents is 1. The highest BCUT2D eigenvalue weighted by Gasteiger charge is 2.02. The van der Waals surface area contributed by atoms with Gasteiger partial charge in [0.2, 0.25) is 0 Å². The summed E-state index contributed by atoms with van der Waals surface area (Å²) in [5.74, 6) is -0.238. The predicted molar refractivity (Wildman–Crippen MR) is 74.5 cm³/mol. The van der Waals surface area contributed by atoms with E-state index in [1.807, 2.05) is 6.07 Å². The van der Waals surface area contributed by atoms with E-state index in [0.717, 1.165) is 11.3 Å². The summed E-state index contributed by atoms with van der Waals surface area (Å²) in [6.07, 6.45) is 0. The highest BCUT2D eigenvalue weighted by atomic mass is 79.9. The summed E-state index contributed by atoms with van der Waals surface area (Å²) in [5, 5.41) is 12.6. The van der Waals surface area contributed by atoms with Crippen LogP contribution in [0.25, 0.3) is 0 Å². The third-order valence-corrected chi connectivity index (χ3v) is 3.35. The fraction of sp³-hybridized carbons (Fsp3) is 0.0769. The highest BCUT2D eigenvalue weighted by Crippen LogP contribution is 2.25. The van der Waals surface area contributed by atoms with Gasteiger partial charge in [0.15, 0.2) is 0 Å². The fourth-order valence-electron chi connectivity index (χ4n) is 1.47. The molecule has 0 aromatic heterocycles. The van der Waals surface area contributed by atoms with Gasteiger partial charge in [-0.25, -0.2) is 4.39 Å². The minimum atomic E-state index is -0.436. The van der Waals surface area contributed by atoms with Crippen LogP contribution in [0.1, 0.15) is 5.56 Å². The standard InChI is InChI=1S/C13H10BrClFNO/c14-10-5-8(1-4-13(10)18)7-17-9-2-3-12(16)11(15)6-9/h1-6,17-18H,7H2. The Kier molecular flexibility index (Phi) is 4.09. The van der Waals surface area contributed by atoms with Crippen molar-refractivity contribution in [2.75, 3.05) is 5.32 Å². The first-order valence-electron chi connectivity index (χ1n) is 5.22. The Bertz CT molecular complexity index is 525. The van der Waals surface area contributed by atoms with Crippen molar-refractivity contribution >= 4 is 33.2 Å². The predicted octanol–water partition coefficient (Wildman–Crippen LogP) is 4.56. The quantitative estimate of drug-likeness (QED) is 0.864. The summed E-state index contributed by atoms with van der Waals surface area (Å²) in [6, 6.07) is 9.70. The molecular formula is C13H10BrClFNO. The van der Waals surface area contributed by atoms with Crippen molar-refractivity contribution < 1.29 is 9.50 Å². The number of nitrogens with one attached hydrogen (secondary N) is 1. The van der Waals surface area contributed by atoms with Crippen LogP contribution < -0.4 is 5.32 Å². The normalized spacial score (nSPS) is 10.4. The topological polar surface area (TPSA) is 32.3 Å². The lowest BCUT2D eigenvalue weighted by molar-refractivity contribution is 0.471. The van der Waals surface area contributed by atoms with Crippen LogP contribution >= 0.6 is 27.5 Å². The molecule has 0 aliphatic carbocycles. The molecule has 2 nitrogen and oxygen atoms in total. The second-order valence-corrected chi connectivity index (χ2v) is 5.03. The molecule has 0 heterocycles. The lowest BCUT2D eigenvalue weighted by Gasteiger charge is -2.08. The van der Waals surface area contributed by atoms with Crippen LogP contribution in [0.3, 0.4) is 0 Å². The molecule has 0 amide bonds. The summed E-state index contributed by atoms with van der Waals surface area (Å²) in [4.78, 5) is 0. The minimum absolute atomic E-state index is 0.0897. The number of benzene rings is 2. The lowest BCUT2D eigenvalue weighted by atomic mass is 10.2. The van der Waals surface area contributed by atoms with Crippen molar-refractivity contribution in [3.63, 3.8) is 0 Å². The molecule has 2 aromatic carbocycles. The van der Waals surface area contributed by atoms with E-state index in [1.165, 1.54) is 12.1 Å². The average molecular weight is 331 g/mol. The molecule has 0 bridgehead atoms. The van der Waals surface area contributed by atoms with Gasteiger partial charge in [-0.15, -0.1) is 0 Å². The molecule has 5 heteroatoms. The molecule has 0 radical (unpaired) electrons. The Morgan fingerprint density at radius 2 is 2.00 bits per heavy atom. The second-order valence-electron chi connectivity index (χ2n) is 3.77. The smallest absolute Gasteiger partial charge is 0.141 e. The van der Waals surface area contributed by atoms with Crippen molar-refractivity contribution in [2.45, 2.75) is 6.54 Å². The Morgan fingerprint density at radius 1 is 1.22 bits per heavy atom. The van der Waals surface area contributed by atoms with E-state index < -0.39 is 5.82 Å². The van der Waals surface area contributed by atoms with Crippen LogP contribution in [-0.4, -0.2) is 5.11 Å². The van der Waals surface area contributed by atoms with E-state index in [-0.39, 0.29) is 10.8 Å². The van der Waals surface area contributed by atoms with Gasteiger partial charge in [-0.2, -0.15) is 0 Å². The van der Waals surface area contributed by atoms with Crippen LogP contribution in [0.5, 0.6) is 5.75 Å². The summed E-state index contributed by atoms with van der Waals surface area (Å²) in [6.45, 7) is 0.556. The van der Waals surface area contributed by atoms with E-state index in [0.29, 0.717) is 11.0 Å². The lowest BCUT2D eigenvalue weighted by Crippen LogP contribution is -1.99. The Balaban J connectivity index is 2.06. The van der Waals surface area contributed by atoms with Crippen LogP contribution in [0.2, 0.25) is 5.02 Å². The molecular weight excluding hydrogens is 321 g/mol. The van der Waals surface area contributed by atoms with Crippen LogP contribution in [0, 0.1) is 5.82 Å². The largest absolute Gasteiger partial charge is 0.507 e. The van der Waals surface area contributed by atoms with Gasteiger partial charge in [-0.3, -0.25) is 0 Å². The maximum atomic E-state index is 13.0. The average Bonchev–Trinajstić information content (AvgIpc) is 2.35. The number of aromatic hydroxyl groups is 1. The van der Waals surface area contributed by atoms with Crippen LogP contribution in [0.4, 0.5) is 10.1 Å². The maximum Gasteiger partial charge on any atom is 0.141 e. The summed E-state index contributed by atoms with van der Waals surface area (Å²) in [7, 11) is 0. The van der Waals surface area contributed by atoms with E-state index in [4.69, 9.17) is 11.6 Å². The van der Waals surface area contributed by atoms with E-state index in [2.05, 4.69) is 21.2 Å². The molecule has 0 aliphatic heterocycles. The molecule has 0 saturated carbocycles. The SMILES string of the molecule is Oc1ccc(CNc2ccc(F)c(Cl)c2)cc1Br. The molecule has 2 aromatic rings. The molecule has 0 fully saturated rings. The number of phenols is 1. The van der Waals surface area contributed by atoms with Gasteiger partial charge in [-0.05, 0) is 51.8 Å². The van der Waals surface area contributed by atoms with Gasteiger partial charge in [0.05, 0.1) is 9.50 Å². The summed E-state index contributed by atoms with van der Waals surface area (Å²) < 4.78 is 13.6. The van der Waals surface area contributed by atoms with Crippen molar-refractivity contribution in [1.29, 1.82) is 0 Å².